The topological polar surface area (TPSA) is 90.2 Å². The largest absolute Gasteiger partial charge is 0.473 e. The molecule has 112 valence electrons. The van der Waals surface area contributed by atoms with E-state index in [4.69, 9.17) is 4.74 Å². The maximum absolute atomic E-state index is 11.2. The van der Waals surface area contributed by atoms with Crippen LogP contribution in [0.15, 0.2) is 0 Å². The van der Waals surface area contributed by atoms with E-state index in [9.17, 15) is 10.1 Å². The average molecular weight is 282 g/mol. The molecule has 0 aromatic carbocycles. The van der Waals surface area contributed by atoms with Crippen LogP contribution in [0.4, 0.5) is 11.5 Å². The van der Waals surface area contributed by atoms with Crippen LogP contribution in [-0.2, 0) is 6.42 Å². The molecule has 0 atom stereocenters. The molecular weight excluding hydrogens is 260 g/mol. The third-order valence-corrected chi connectivity index (χ3v) is 2.75. The first-order chi connectivity index (χ1) is 9.63. The SMILES string of the molecule is CCCCCNc1nc(CC)nc(OCC)c1[N+](=O)[O-]. The van der Waals surface area contributed by atoms with Crippen molar-refractivity contribution in [2.75, 3.05) is 18.5 Å². The number of nitrogens with one attached hydrogen (secondary N) is 1. The summed E-state index contributed by atoms with van der Waals surface area (Å²) in [5.41, 5.74) is -0.180. The number of aryl methyl sites for hydroxylation is 1. The summed E-state index contributed by atoms with van der Waals surface area (Å²) in [4.78, 5) is 19.0. The van der Waals surface area contributed by atoms with Gasteiger partial charge in [-0.05, 0) is 13.3 Å². The molecule has 20 heavy (non-hydrogen) atoms. The number of anilines is 1. The lowest BCUT2D eigenvalue weighted by Crippen LogP contribution is -2.11. The number of unbranched alkanes of at least 4 members (excludes halogenated alkanes) is 2. The molecule has 1 N–H and O–H groups in total. The molecule has 0 saturated heterocycles. The first-order valence-electron chi connectivity index (χ1n) is 7.05. The zero-order valence-electron chi connectivity index (χ0n) is 12.3. The van der Waals surface area contributed by atoms with Gasteiger partial charge in [-0.3, -0.25) is 10.1 Å². The Kier molecular flexibility index (Phi) is 6.69. The first kappa shape index (κ1) is 16.1. The molecule has 1 aromatic rings. The highest BCUT2D eigenvalue weighted by Gasteiger charge is 2.25. The predicted molar refractivity (Wildman–Crippen MR) is 77.2 cm³/mol. The molecule has 0 aliphatic heterocycles. The molecule has 1 aromatic heterocycles. The van der Waals surface area contributed by atoms with E-state index in [0.717, 1.165) is 19.3 Å². The van der Waals surface area contributed by atoms with Gasteiger partial charge >= 0.3 is 5.69 Å². The van der Waals surface area contributed by atoms with Gasteiger partial charge in [0.05, 0.1) is 11.5 Å². The minimum atomic E-state index is -0.493. The lowest BCUT2D eigenvalue weighted by molar-refractivity contribution is -0.385. The summed E-state index contributed by atoms with van der Waals surface area (Å²) in [6, 6.07) is 0. The number of aromatic nitrogens is 2. The van der Waals surface area contributed by atoms with Crippen LogP contribution in [0, 0.1) is 10.1 Å². The molecule has 0 bridgehead atoms. The van der Waals surface area contributed by atoms with Crippen LogP contribution in [0.25, 0.3) is 0 Å². The van der Waals surface area contributed by atoms with Gasteiger partial charge in [0.2, 0.25) is 5.82 Å². The van der Waals surface area contributed by atoms with Crippen molar-refractivity contribution >= 4 is 11.5 Å². The normalized spacial score (nSPS) is 10.3. The van der Waals surface area contributed by atoms with Gasteiger partial charge in [-0.2, -0.15) is 4.98 Å². The highest BCUT2D eigenvalue weighted by molar-refractivity contribution is 5.61. The summed E-state index contributed by atoms with van der Waals surface area (Å²) in [5.74, 6) is 0.834. The van der Waals surface area contributed by atoms with Crippen LogP contribution < -0.4 is 10.1 Å². The molecule has 0 saturated carbocycles. The van der Waals surface area contributed by atoms with Gasteiger partial charge in [0.15, 0.2) is 0 Å². The van der Waals surface area contributed by atoms with Gasteiger partial charge < -0.3 is 10.1 Å². The minimum Gasteiger partial charge on any atom is -0.473 e. The van der Waals surface area contributed by atoms with Crippen LogP contribution in [0.1, 0.15) is 45.9 Å². The Morgan fingerprint density at radius 3 is 2.55 bits per heavy atom. The molecule has 0 amide bonds. The van der Waals surface area contributed by atoms with Crippen LogP contribution in [0.2, 0.25) is 0 Å². The Morgan fingerprint density at radius 1 is 1.25 bits per heavy atom. The number of hydrogen-bond donors (Lipinski definition) is 1. The second kappa shape index (κ2) is 8.29. The fourth-order valence-corrected chi connectivity index (χ4v) is 1.74. The quantitative estimate of drug-likeness (QED) is 0.425. The van der Waals surface area contributed by atoms with Crippen LogP contribution >= 0.6 is 0 Å². The standard InChI is InChI=1S/C13H22N4O3/c1-4-7-8-9-14-12-11(17(18)19)13(20-6-3)16-10(5-2)15-12/h4-9H2,1-3H3,(H,14,15,16). The lowest BCUT2D eigenvalue weighted by atomic mass is 10.2. The Balaban J connectivity index is 3.03. The summed E-state index contributed by atoms with van der Waals surface area (Å²) in [7, 11) is 0. The van der Waals surface area contributed by atoms with E-state index in [1.54, 1.807) is 6.92 Å². The Bertz CT molecular complexity index is 451. The van der Waals surface area contributed by atoms with E-state index < -0.39 is 4.92 Å². The van der Waals surface area contributed by atoms with E-state index in [-0.39, 0.29) is 17.4 Å². The molecule has 0 aliphatic carbocycles. The summed E-state index contributed by atoms with van der Waals surface area (Å²) < 4.78 is 5.28. The molecule has 0 unspecified atom stereocenters. The molecular formula is C13H22N4O3. The summed E-state index contributed by atoms with van der Waals surface area (Å²) >= 11 is 0. The minimum absolute atomic E-state index is 0.0438. The van der Waals surface area contributed by atoms with Crippen molar-refractivity contribution in [1.82, 2.24) is 9.97 Å². The fourth-order valence-electron chi connectivity index (χ4n) is 1.74. The summed E-state index contributed by atoms with van der Waals surface area (Å²) in [5, 5.41) is 14.2. The number of ether oxygens (including phenoxy) is 1. The first-order valence-corrected chi connectivity index (χ1v) is 7.05. The second-order valence-corrected chi connectivity index (χ2v) is 4.32. The van der Waals surface area contributed by atoms with Crippen LogP contribution in [-0.4, -0.2) is 28.0 Å². The van der Waals surface area contributed by atoms with Gasteiger partial charge in [0, 0.05) is 13.0 Å². The molecule has 0 fully saturated rings. The molecule has 1 heterocycles. The van der Waals surface area contributed by atoms with E-state index >= 15 is 0 Å². The third-order valence-electron chi connectivity index (χ3n) is 2.75. The molecule has 0 radical (unpaired) electrons. The number of hydrogen-bond acceptors (Lipinski definition) is 6. The zero-order valence-corrected chi connectivity index (χ0v) is 12.3. The molecule has 1 rings (SSSR count). The highest BCUT2D eigenvalue weighted by Crippen LogP contribution is 2.32. The van der Waals surface area contributed by atoms with Gasteiger partial charge in [0.25, 0.3) is 5.88 Å². The van der Waals surface area contributed by atoms with Gasteiger partial charge in [-0.15, -0.1) is 0 Å². The van der Waals surface area contributed by atoms with E-state index in [2.05, 4.69) is 22.2 Å². The summed E-state index contributed by atoms with van der Waals surface area (Å²) in [6.07, 6.45) is 3.72. The number of nitrogens with zero attached hydrogens (tertiary/aromatic N) is 3. The van der Waals surface area contributed by atoms with Crippen molar-refractivity contribution < 1.29 is 9.66 Å². The zero-order chi connectivity index (χ0) is 15.0. The molecule has 0 spiro atoms. The Hall–Kier alpha value is -1.92. The maximum atomic E-state index is 11.2. The van der Waals surface area contributed by atoms with Crippen molar-refractivity contribution in [3.8, 4) is 5.88 Å². The molecule has 7 heteroatoms. The van der Waals surface area contributed by atoms with Gasteiger partial charge in [-0.1, -0.05) is 26.7 Å². The van der Waals surface area contributed by atoms with Crippen molar-refractivity contribution in [3.05, 3.63) is 15.9 Å². The number of nitro groups is 1. The Morgan fingerprint density at radius 2 is 2.00 bits per heavy atom. The fraction of sp³-hybridized carbons (Fsp3) is 0.692. The molecule has 0 aliphatic rings. The van der Waals surface area contributed by atoms with Crippen LogP contribution in [0.3, 0.4) is 0 Å². The highest BCUT2D eigenvalue weighted by atomic mass is 16.6. The van der Waals surface area contributed by atoms with Gasteiger partial charge in [0.1, 0.15) is 5.82 Å². The lowest BCUT2D eigenvalue weighted by Gasteiger charge is -2.10. The van der Waals surface area contributed by atoms with Gasteiger partial charge in [-0.25, -0.2) is 4.98 Å². The van der Waals surface area contributed by atoms with Crippen LogP contribution in [0.5, 0.6) is 5.88 Å². The molecule has 7 nitrogen and oxygen atoms in total. The second-order valence-electron chi connectivity index (χ2n) is 4.32. The Labute approximate surface area is 118 Å². The van der Waals surface area contributed by atoms with E-state index in [1.807, 2.05) is 6.92 Å². The average Bonchev–Trinajstić information content (AvgIpc) is 2.43. The number of rotatable bonds is 9. The predicted octanol–water partition coefficient (Wildman–Crippen LogP) is 2.95. The van der Waals surface area contributed by atoms with Crippen molar-refractivity contribution in [1.29, 1.82) is 0 Å². The third kappa shape index (κ3) is 4.32. The maximum Gasteiger partial charge on any atom is 0.372 e. The van der Waals surface area contributed by atoms with Crippen molar-refractivity contribution in [2.24, 2.45) is 0 Å². The summed E-state index contributed by atoms with van der Waals surface area (Å²) in [6.45, 7) is 6.76. The van der Waals surface area contributed by atoms with E-state index in [1.165, 1.54) is 0 Å². The van der Waals surface area contributed by atoms with E-state index in [0.29, 0.717) is 25.4 Å². The van der Waals surface area contributed by atoms with Crippen molar-refractivity contribution in [2.45, 2.75) is 46.5 Å². The van der Waals surface area contributed by atoms with Crippen molar-refractivity contribution in [3.63, 3.8) is 0 Å². The monoisotopic (exact) mass is 282 g/mol. The smallest absolute Gasteiger partial charge is 0.372 e.